The maximum atomic E-state index is 10.7. The van der Waals surface area contributed by atoms with Gasteiger partial charge < -0.3 is 10.2 Å². The van der Waals surface area contributed by atoms with Crippen LogP contribution in [0.5, 0.6) is 11.8 Å². The molecule has 0 spiro atoms. The van der Waals surface area contributed by atoms with Crippen LogP contribution >= 0.6 is 23.4 Å². The van der Waals surface area contributed by atoms with Crippen molar-refractivity contribution in [2.75, 3.05) is 0 Å². The fourth-order valence-corrected chi connectivity index (χ4v) is 3.71. The monoisotopic (exact) mass is 399 g/mol. The highest BCUT2D eigenvalue weighted by Crippen LogP contribution is 2.41. The van der Waals surface area contributed by atoms with Crippen LogP contribution < -0.4 is 0 Å². The molecular formula is C18H14ClN5O2S. The first kappa shape index (κ1) is 17.4. The van der Waals surface area contributed by atoms with Crippen molar-refractivity contribution < 1.29 is 10.2 Å². The number of nitrogens with zero attached hydrogens (tertiary/aromatic N) is 5. The van der Waals surface area contributed by atoms with E-state index in [0.29, 0.717) is 20.8 Å². The van der Waals surface area contributed by atoms with E-state index < -0.39 is 0 Å². The second-order valence-corrected chi connectivity index (χ2v) is 7.14. The summed E-state index contributed by atoms with van der Waals surface area (Å²) in [6.45, 7) is 1.82. The van der Waals surface area contributed by atoms with Gasteiger partial charge in [0.15, 0.2) is 5.88 Å². The molecule has 2 aromatic heterocycles. The zero-order chi connectivity index (χ0) is 19.0. The van der Waals surface area contributed by atoms with Gasteiger partial charge in [-0.25, -0.2) is 0 Å². The van der Waals surface area contributed by atoms with Crippen molar-refractivity contribution in [2.45, 2.75) is 17.0 Å². The predicted molar refractivity (Wildman–Crippen MR) is 102 cm³/mol. The lowest BCUT2D eigenvalue weighted by Crippen LogP contribution is -1.98. The van der Waals surface area contributed by atoms with Crippen molar-refractivity contribution in [1.82, 2.24) is 24.8 Å². The van der Waals surface area contributed by atoms with E-state index in [9.17, 15) is 10.2 Å². The molecule has 0 bridgehead atoms. The summed E-state index contributed by atoms with van der Waals surface area (Å²) in [5.41, 5.74) is 2.12. The van der Waals surface area contributed by atoms with Gasteiger partial charge in [-0.3, -0.25) is 4.57 Å². The largest absolute Gasteiger partial charge is 0.494 e. The first-order valence-corrected chi connectivity index (χ1v) is 9.16. The molecule has 0 aliphatic heterocycles. The number of aromatic hydroxyl groups is 2. The minimum Gasteiger partial charge on any atom is -0.494 e. The van der Waals surface area contributed by atoms with Gasteiger partial charge in [-0.1, -0.05) is 35.9 Å². The summed E-state index contributed by atoms with van der Waals surface area (Å²) in [5.74, 6) is -0.232. The standard InChI is InChI=1S/C18H14ClN5O2S/c1-11-13(19)8-5-9-14(11)23-16(25)10-15(17(23)26)27-18-20-21-22-24(18)12-6-3-2-4-7-12/h2-10,25-26H,1H3. The van der Waals surface area contributed by atoms with E-state index in [2.05, 4.69) is 15.5 Å². The average molecular weight is 400 g/mol. The van der Waals surface area contributed by atoms with Gasteiger partial charge in [0.25, 0.3) is 0 Å². The van der Waals surface area contributed by atoms with E-state index in [4.69, 9.17) is 11.6 Å². The van der Waals surface area contributed by atoms with Crippen LogP contribution in [0.15, 0.2) is 64.6 Å². The molecule has 9 heteroatoms. The van der Waals surface area contributed by atoms with Crippen molar-refractivity contribution in [3.63, 3.8) is 0 Å². The molecule has 0 aliphatic rings. The number of benzene rings is 2. The fourth-order valence-electron chi connectivity index (χ4n) is 2.69. The number of tetrazole rings is 1. The van der Waals surface area contributed by atoms with E-state index >= 15 is 0 Å². The predicted octanol–water partition coefficient (Wildman–Crippen LogP) is 3.98. The van der Waals surface area contributed by atoms with Gasteiger partial charge in [-0.2, -0.15) is 4.68 Å². The molecule has 0 aliphatic carbocycles. The Bertz CT molecular complexity index is 1110. The van der Waals surface area contributed by atoms with Gasteiger partial charge in [0.05, 0.1) is 16.3 Å². The average Bonchev–Trinajstić information content (AvgIpc) is 3.24. The molecule has 136 valence electrons. The highest BCUT2D eigenvalue weighted by atomic mass is 35.5. The Balaban J connectivity index is 1.74. The van der Waals surface area contributed by atoms with E-state index in [1.165, 1.54) is 10.6 Å². The Morgan fingerprint density at radius 2 is 1.81 bits per heavy atom. The minimum atomic E-state index is -0.120. The summed E-state index contributed by atoms with van der Waals surface area (Å²) in [5, 5.41) is 33.8. The molecule has 7 nitrogen and oxygen atoms in total. The zero-order valence-electron chi connectivity index (χ0n) is 14.1. The highest BCUT2D eigenvalue weighted by Gasteiger charge is 2.21. The molecule has 27 heavy (non-hydrogen) atoms. The van der Waals surface area contributed by atoms with Crippen LogP contribution in [0.4, 0.5) is 0 Å². The van der Waals surface area contributed by atoms with Crippen LogP contribution in [0.25, 0.3) is 11.4 Å². The molecule has 4 aromatic rings. The van der Waals surface area contributed by atoms with Gasteiger partial charge in [0.2, 0.25) is 11.0 Å². The quantitative estimate of drug-likeness (QED) is 0.539. The Kier molecular flexibility index (Phi) is 4.51. The molecule has 0 unspecified atom stereocenters. The van der Waals surface area contributed by atoms with Gasteiger partial charge >= 0.3 is 0 Å². The SMILES string of the molecule is Cc1c(Cl)cccc1-n1c(O)cc(Sc2nnnn2-c2ccccc2)c1O. The molecule has 2 heterocycles. The van der Waals surface area contributed by atoms with Gasteiger partial charge in [0, 0.05) is 11.1 Å². The van der Waals surface area contributed by atoms with Crippen LogP contribution in [-0.4, -0.2) is 35.0 Å². The molecule has 0 fully saturated rings. The maximum Gasteiger partial charge on any atom is 0.219 e. The van der Waals surface area contributed by atoms with E-state index in [1.807, 2.05) is 37.3 Å². The number of hydrogen-bond donors (Lipinski definition) is 2. The van der Waals surface area contributed by atoms with Gasteiger partial charge in [-0.15, -0.1) is 5.10 Å². The smallest absolute Gasteiger partial charge is 0.219 e. The molecular weight excluding hydrogens is 386 g/mol. The zero-order valence-corrected chi connectivity index (χ0v) is 15.7. The van der Waals surface area contributed by atoms with Gasteiger partial charge in [-0.05, 0) is 58.9 Å². The first-order chi connectivity index (χ1) is 13.1. The van der Waals surface area contributed by atoms with Gasteiger partial charge in [0.1, 0.15) is 0 Å². The lowest BCUT2D eigenvalue weighted by molar-refractivity contribution is 0.398. The molecule has 0 saturated carbocycles. The number of para-hydroxylation sites is 1. The molecule has 4 rings (SSSR count). The van der Waals surface area contributed by atoms with Crippen molar-refractivity contribution in [2.24, 2.45) is 0 Å². The fraction of sp³-hybridized carbons (Fsp3) is 0.0556. The summed E-state index contributed by atoms with van der Waals surface area (Å²) in [7, 11) is 0. The number of hydrogen-bond acceptors (Lipinski definition) is 6. The van der Waals surface area contributed by atoms with E-state index in [-0.39, 0.29) is 11.8 Å². The lowest BCUT2D eigenvalue weighted by Gasteiger charge is -2.11. The van der Waals surface area contributed by atoms with Crippen LogP contribution in [-0.2, 0) is 0 Å². The third-order valence-corrected chi connectivity index (χ3v) is 5.41. The molecule has 0 radical (unpaired) electrons. The summed E-state index contributed by atoms with van der Waals surface area (Å²) in [6.07, 6.45) is 0. The Morgan fingerprint density at radius 1 is 1.04 bits per heavy atom. The lowest BCUT2D eigenvalue weighted by atomic mass is 10.2. The molecule has 0 atom stereocenters. The molecule has 2 N–H and O–H groups in total. The number of aromatic nitrogens is 5. The second kappa shape index (κ2) is 6.98. The minimum absolute atomic E-state index is 0.112. The van der Waals surface area contributed by atoms with Crippen LogP contribution in [0.2, 0.25) is 5.02 Å². The van der Waals surface area contributed by atoms with Crippen molar-refractivity contribution in [3.8, 4) is 23.1 Å². The maximum absolute atomic E-state index is 10.7. The molecule has 2 aromatic carbocycles. The summed E-state index contributed by atoms with van der Waals surface area (Å²) < 4.78 is 2.89. The second-order valence-electron chi connectivity index (χ2n) is 5.72. The van der Waals surface area contributed by atoms with Crippen LogP contribution in [0.1, 0.15) is 5.56 Å². The van der Waals surface area contributed by atoms with Crippen LogP contribution in [0.3, 0.4) is 0 Å². The Labute approximate surface area is 163 Å². The first-order valence-electron chi connectivity index (χ1n) is 7.97. The molecule has 0 saturated heterocycles. The topological polar surface area (TPSA) is 89.0 Å². The Morgan fingerprint density at radius 3 is 2.59 bits per heavy atom. The van der Waals surface area contributed by atoms with E-state index in [1.54, 1.807) is 22.9 Å². The van der Waals surface area contributed by atoms with Crippen molar-refractivity contribution in [3.05, 3.63) is 65.2 Å². The Hall–Kier alpha value is -2.97. The normalized spacial score (nSPS) is 11.0. The number of rotatable bonds is 4. The number of halogens is 1. The molecule has 0 amide bonds. The van der Waals surface area contributed by atoms with E-state index in [0.717, 1.165) is 23.0 Å². The van der Waals surface area contributed by atoms with Crippen molar-refractivity contribution >= 4 is 23.4 Å². The summed E-state index contributed by atoms with van der Waals surface area (Å²) in [6, 6.07) is 16.1. The van der Waals surface area contributed by atoms with Crippen molar-refractivity contribution in [1.29, 1.82) is 0 Å². The highest BCUT2D eigenvalue weighted by molar-refractivity contribution is 7.99. The summed E-state index contributed by atoms with van der Waals surface area (Å²) >= 11 is 7.31. The third kappa shape index (κ3) is 3.13. The third-order valence-electron chi connectivity index (χ3n) is 4.04. The van der Waals surface area contributed by atoms with Crippen LogP contribution in [0, 0.1) is 6.92 Å². The summed E-state index contributed by atoms with van der Waals surface area (Å²) in [4.78, 5) is 0.416.